The zero-order chi connectivity index (χ0) is 13.1. The van der Waals surface area contributed by atoms with Gasteiger partial charge in [-0.3, -0.25) is 4.79 Å². The van der Waals surface area contributed by atoms with Gasteiger partial charge in [-0.1, -0.05) is 19.9 Å². The number of anilines is 1. The van der Waals surface area contributed by atoms with E-state index < -0.39 is 0 Å². The Morgan fingerprint density at radius 3 is 2.56 bits per heavy atom. The molecule has 98 valence electrons. The van der Waals surface area contributed by atoms with Crippen LogP contribution in [0, 0.1) is 0 Å². The number of piperazine rings is 1. The minimum Gasteiger partial charge on any atom is -0.368 e. The number of benzene rings is 1. The molecule has 18 heavy (non-hydrogen) atoms. The molecule has 0 aliphatic carbocycles. The van der Waals surface area contributed by atoms with Gasteiger partial charge in [0.05, 0.1) is 5.56 Å². The first kappa shape index (κ1) is 12.9. The maximum atomic E-state index is 11.6. The molecule has 0 spiro atoms. The Morgan fingerprint density at radius 1 is 1.33 bits per heavy atom. The molecule has 0 atom stereocenters. The third kappa shape index (κ3) is 2.64. The van der Waals surface area contributed by atoms with Crippen molar-refractivity contribution < 1.29 is 4.79 Å². The molecule has 4 heteroatoms. The number of carbonyl (C=O) groups is 1. The Balaban J connectivity index is 2.36. The Morgan fingerprint density at radius 2 is 2.00 bits per heavy atom. The van der Waals surface area contributed by atoms with Gasteiger partial charge in [0.15, 0.2) is 0 Å². The van der Waals surface area contributed by atoms with Crippen LogP contribution in [-0.4, -0.2) is 32.1 Å². The number of nitrogens with one attached hydrogen (secondary N) is 1. The lowest BCUT2D eigenvalue weighted by atomic mass is 9.98. The van der Waals surface area contributed by atoms with E-state index in [1.807, 2.05) is 12.1 Å². The second-order valence-electron chi connectivity index (χ2n) is 5.03. The molecule has 1 aromatic rings. The van der Waals surface area contributed by atoms with Gasteiger partial charge in [0, 0.05) is 31.9 Å². The minimum atomic E-state index is -0.342. The SMILES string of the molecule is CC(C)c1ccc(N2CCNCC2)c(C(N)=O)c1. The zero-order valence-electron chi connectivity index (χ0n) is 11.1. The van der Waals surface area contributed by atoms with Crippen molar-refractivity contribution in [3.8, 4) is 0 Å². The van der Waals surface area contributed by atoms with Gasteiger partial charge >= 0.3 is 0 Å². The summed E-state index contributed by atoms with van der Waals surface area (Å²) in [5.41, 5.74) is 8.27. The molecule has 0 bridgehead atoms. The molecule has 4 nitrogen and oxygen atoms in total. The van der Waals surface area contributed by atoms with Crippen LogP contribution < -0.4 is 16.0 Å². The lowest BCUT2D eigenvalue weighted by Gasteiger charge is -2.31. The van der Waals surface area contributed by atoms with Crippen molar-refractivity contribution in [3.63, 3.8) is 0 Å². The molecule has 1 saturated heterocycles. The number of nitrogens with zero attached hydrogens (tertiary/aromatic N) is 1. The fourth-order valence-corrected chi connectivity index (χ4v) is 2.29. The molecule has 1 aliphatic rings. The van der Waals surface area contributed by atoms with Gasteiger partial charge in [-0.2, -0.15) is 0 Å². The molecule has 0 aromatic heterocycles. The Kier molecular flexibility index (Phi) is 3.87. The van der Waals surface area contributed by atoms with E-state index in [1.165, 1.54) is 0 Å². The van der Waals surface area contributed by atoms with Crippen LogP contribution in [0.3, 0.4) is 0 Å². The summed E-state index contributed by atoms with van der Waals surface area (Å²) in [4.78, 5) is 13.8. The zero-order valence-corrected chi connectivity index (χ0v) is 11.1. The third-order valence-electron chi connectivity index (χ3n) is 3.41. The molecule has 1 heterocycles. The largest absolute Gasteiger partial charge is 0.368 e. The van der Waals surface area contributed by atoms with E-state index in [1.54, 1.807) is 0 Å². The quantitative estimate of drug-likeness (QED) is 0.847. The number of amides is 1. The first-order valence-corrected chi connectivity index (χ1v) is 6.49. The van der Waals surface area contributed by atoms with Crippen molar-refractivity contribution in [3.05, 3.63) is 29.3 Å². The summed E-state index contributed by atoms with van der Waals surface area (Å²) in [6, 6.07) is 6.06. The standard InChI is InChI=1S/C14H21N3O/c1-10(2)11-3-4-13(12(9-11)14(15)18)17-7-5-16-6-8-17/h3-4,9-10,16H,5-8H2,1-2H3,(H2,15,18). The predicted octanol–water partition coefficient (Wildman–Crippen LogP) is 1.32. The van der Waals surface area contributed by atoms with Gasteiger partial charge in [0.2, 0.25) is 0 Å². The molecule has 1 aliphatic heterocycles. The normalized spacial score (nSPS) is 16.1. The van der Waals surface area contributed by atoms with E-state index >= 15 is 0 Å². The van der Waals surface area contributed by atoms with Crippen molar-refractivity contribution >= 4 is 11.6 Å². The van der Waals surface area contributed by atoms with E-state index in [0.29, 0.717) is 11.5 Å². The average Bonchev–Trinajstić information content (AvgIpc) is 2.39. The van der Waals surface area contributed by atoms with Crippen molar-refractivity contribution in [1.82, 2.24) is 5.32 Å². The van der Waals surface area contributed by atoms with Crippen molar-refractivity contribution in [2.75, 3.05) is 31.1 Å². The first-order chi connectivity index (χ1) is 8.59. The van der Waals surface area contributed by atoms with E-state index in [-0.39, 0.29) is 5.91 Å². The fourth-order valence-electron chi connectivity index (χ4n) is 2.29. The molecule has 2 rings (SSSR count). The summed E-state index contributed by atoms with van der Waals surface area (Å²) in [5.74, 6) is 0.0613. The van der Waals surface area contributed by atoms with Crippen molar-refractivity contribution in [1.29, 1.82) is 0 Å². The molecule has 0 radical (unpaired) electrons. The first-order valence-electron chi connectivity index (χ1n) is 6.49. The molecule has 1 fully saturated rings. The maximum Gasteiger partial charge on any atom is 0.250 e. The van der Waals surface area contributed by atoms with Crippen LogP contribution in [0.25, 0.3) is 0 Å². The van der Waals surface area contributed by atoms with Gasteiger partial charge in [-0.05, 0) is 23.6 Å². The summed E-state index contributed by atoms with van der Waals surface area (Å²) in [5, 5.41) is 3.30. The minimum absolute atomic E-state index is 0.342. The number of carbonyl (C=O) groups excluding carboxylic acids is 1. The van der Waals surface area contributed by atoms with E-state index in [4.69, 9.17) is 5.73 Å². The second kappa shape index (κ2) is 5.40. The molecule has 0 saturated carbocycles. The molecule has 1 aromatic carbocycles. The highest BCUT2D eigenvalue weighted by Gasteiger charge is 2.17. The Bertz CT molecular complexity index is 437. The lowest BCUT2D eigenvalue weighted by molar-refractivity contribution is 0.100. The second-order valence-corrected chi connectivity index (χ2v) is 5.03. The van der Waals surface area contributed by atoms with Crippen LogP contribution in [-0.2, 0) is 0 Å². The summed E-state index contributed by atoms with van der Waals surface area (Å²) in [7, 11) is 0. The van der Waals surface area contributed by atoms with E-state index in [9.17, 15) is 4.79 Å². The monoisotopic (exact) mass is 247 g/mol. The lowest BCUT2D eigenvalue weighted by Crippen LogP contribution is -2.44. The van der Waals surface area contributed by atoms with Gasteiger partial charge in [-0.15, -0.1) is 0 Å². The maximum absolute atomic E-state index is 11.6. The number of rotatable bonds is 3. The highest BCUT2D eigenvalue weighted by Crippen LogP contribution is 2.25. The molecular weight excluding hydrogens is 226 g/mol. The van der Waals surface area contributed by atoms with Gasteiger partial charge in [0.25, 0.3) is 5.91 Å². The average molecular weight is 247 g/mol. The van der Waals surface area contributed by atoms with Crippen molar-refractivity contribution in [2.45, 2.75) is 19.8 Å². The van der Waals surface area contributed by atoms with Crippen molar-refractivity contribution in [2.24, 2.45) is 5.73 Å². The number of hydrogen-bond donors (Lipinski definition) is 2. The smallest absolute Gasteiger partial charge is 0.250 e. The van der Waals surface area contributed by atoms with E-state index in [0.717, 1.165) is 37.4 Å². The third-order valence-corrected chi connectivity index (χ3v) is 3.41. The van der Waals surface area contributed by atoms with Crippen LogP contribution >= 0.6 is 0 Å². The summed E-state index contributed by atoms with van der Waals surface area (Å²) in [6.07, 6.45) is 0. The van der Waals surface area contributed by atoms with Gasteiger partial charge < -0.3 is 16.0 Å². The number of nitrogens with two attached hydrogens (primary N) is 1. The fraction of sp³-hybridized carbons (Fsp3) is 0.500. The Hall–Kier alpha value is -1.55. The number of primary amides is 1. The highest BCUT2D eigenvalue weighted by atomic mass is 16.1. The van der Waals surface area contributed by atoms with Crippen LogP contribution in [0.4, 0.5) is 5.69 Å². The van der Waals surface area contributed by atoms with Crippen LogP contribution in [0.1, 0.15) is 35.7 Å². The van der Waals surface area contributed by atoms with E-state index in [2.05, 4.69) is 30.1 Å². The van der Waals surface area contributed by atoms with Gasteiger partial charge in [0.1, 0.15) is 0 Å². The number of hydrogen-bond acceptors (Lipinski definition) is 3. The predicted molar refractivity (Wildman–Crippen MR) is 74.1 cm³/mol. The summed E-state index contributed by atoms with van der Waals surface area (Å²) < 4.78 is 0. The topological polar surface area (TPSA) is 58.4 Å². The molecular formula is C14H21N3O. The van der Waals surface area contributed by atoms with Gasteiger partial charge in [-0.25, -0.2) is 0 Å². The molecule has 1 amide bonds. The summed E-state index contributed by atoms with van der Waals surface area (Å²) in [6.45, 7) is 7.96. The highest BCUT2D eigenvalue weighted by molar-refractivity contribution is 5.99. The molecule has 0 unspecified atom stereocenters. The van der Waals surface area contributed by atoms with Crippen LogP contribution in [0.2, 0.25) is 0 Å². The van der Waals surface area contributed by atoms with Crippen LogP contribution in [0.5, 0.6) is 0 Å². The molecule has 3 N–H and O–H groups in total. The summed E-state index contributed by atoms with van der Waals surface area (Å²) >= 11 is 0. The van der Waals surface area contributed by atoms with Crippen LogP contribution in [0.15, 0.2) is 18.2 Å². The Labute approximate surface area is 108 Å².